The molecular weight excluding hydrogens is 292 g/mol. The van der Waals surface area contributed by atoms with Gasteiger partial charge in [0.25, 0.3) is 0 Å². The van der Waals surface area contributed by atoms with Crippen LogP contribution in [0.3, 0.4) is 0 Å². The third-order valence-electron chi connectivity index (χ3n) is 2.80. The molecule has 0 radical (unpaired) electrons. The molecule has 0 atom stereocenters. The molecule has 0 bridgehead atoms. The van der Waals surface area contributed by atoms with Crippen molar-refractivity contribution >= 4 is 26.9 Å². The van der Waals surface area contributed by atoms with E-state index in [2.05, 4.69) is 10.3 Å². The van der Waals surface area contributed by atoms with E-state index >= 15 is 0 Å². The number of nitrogens with zero attached hydrogens (tertiary/aromatic N) is 1. The van der Waals surface area contributed by atoms with Gasteiger partial charge in [-0.05, 0) is 37.6 Å². The van der Waals surface area contributed by atoms with Gasteiger partial charge in [0.2, 0.25) is 0 Å². The summed E-state index contributed by atoms with van der Waals surface area (Å²) in [7, 11) is -3.13. The van der Waals surface area contributed by atoms with Gasteiger partial charge in [0.15, 0.2) is 9.84 Å². The molecule has 0 saturated carbocycles. The number of anilines is 1. The number of rotatable bonds is 6. The predicted molar refractivity (Wildman–Crippen MR) is 83.0 cm³/mol. The molecular formula is C14H18N2O2S2. The van der Waals surface area contributed by atoms with E-state index < -0.39 is 9.84 Å². The van der Waals surface area contributed by atoms with Crippen molar-refractivity contribution in [1.29, 1.82) is 0 Å². The van der Waals surface area contributed by atoms with Crippen molar-refractivity contribution < 1.29 is 8.42 Å². The fraction of sp³-hybridized carbons (Fsp3) is 0.357. The van der Waals surface area contributed by atoms with E-state index in [0.29, 0.717) is 17.9 Å². The van der Waals surface area contributed by atoms with Gasteiger partial charge in [-0.15, -0.1) is 11.3 Å². The second-order valence-corrected chi connectivity index (χ2v) is 7.99. The van der Waals surface area contributed by atoms with E-state index in [9.17, 15) is 8.42 Å². The highest BCUT2D eigenvalue weighted by molar-refractivity contribution is 7.91. The van der Waals surface area contributed by atoms with Crippen LogP contribution in [0.2, 0.25) is 0 Å². The second kappa shape index (κ2) is 6.37. The minimum absolute atomic E-state index is 0.193. The molecule has 2 aromatic rings. The van der Waals surface area contributed by atoms with Crippen molar-refractivity contribution in [2.24, 2.45) is 0 Å². The van der Waals surface area contributed by atoms with Crippen LogP contribution < -0.4 is 5.32 Å². The Morgan fingerprint density at radius 2 is 1.95 bits per heavy atom. The summed E-state index contributed by atoms with van der Waals surface area (Å²) in [5.41, 5.74) is 0.897. The summed E-state index contributed by atoms with van der Waals surface area (Å²) in [6.45, 7) is 4.54. The number of thiazole rings is 1. The normalized spacial score (nSPS) is 11.5. The van der Waals surface area contributed by atoms with Gasteiger partial charge in [0, 0.05) is 16.8 Å². The number of benzene rings is 1. The zero-order chi connectivity index (χ0) is 14.6. The molecule has 1 aromatic heterocycles. The van der Waals surface area contributed by atoms with Gasteiger partial charge < -0.3 is 5.32 Å². The fourth-order valence-electron chi connectivity index (χ4n) is 1.83. The van der Waals surface area contributed by atoms with Crippen molar-refractivity contribution in [2.45, 2.75) is 31.7 Å². The Kier molecular flexibility index (Phi) is 4.77. The van der Waals surface area contributed by atoms with E-state index in [1.54, 1.807) is 35.6 Å². The first-order valence-corrected chi connectivity index (χ1v) is 8.96. The maximum atomic E-state index is 11.9. The summed E-state index contributed by atoms with van der Waals surface area (Å²) in [5, 5.41) is 4.26. The van der Waals surface area contributed by atoms with E-state index in [1.165, 1.54) is 4.88 Å². The number of hydrogen-bond donors (Lipinski definition) is 1. The van der Waals surface area contributed by atoms with E-state index in [-0.39, 0.29) is 5.75 Å². The SMILES string of the molecule is CCCS(=O)(=O)c1ccc(NCc2ncc(C)s2)cc1. The summed E-state index contributed by atoms with van der Waals surface area (Å²) in [4.78, 5) is 5.84. The minimum atomic E-state index is -3.13. The molecule has 2 rings (SSSR count). The molecule has 1 heterocycles. The highest BCUT2D eigenvalue weighted by atomic mass is 32.2. The monoisotopic (exact) mass is 310 g/mol. The van der Waals surface area contributed by atoms with Crippen LogP contribution in [0.5, 0.6) is 0 Å². The Morgan fingerprint density at radius 1 is 1.25 bits per heavy atom. The second-order valence-electron chi connectivity index (χ2n) is 4.56. The zero-order valence-corrected chi connectivity index (χ0v) is 13.2. The maximum absolute atomic E-state index is 11.9. The molecule has 1 N–H and O–H groups in total. The molecule has 0 spiro atoms. The molecule has 1 aromatic carbocycles. The maximum Gasteiger partial charge on any atom is 0.178 e. The van der Waals surface area contributed by atoms with Gasteiger partial charge in [0.05, 0.1) is 17.2 Å². The van der Waals surface area contributed by atoms with Gasteiger partial charge in [-0.1, -0.05) is 6.92 Å². The highest BCUT2D eigenvalue weighted by Crippen LogP contribution is 2.18. The number of nitrogens with one attached hydrogen (secondary N) is 1. The first-order chi connectivity index (χ1) is 9.51. The quantitative estimate of drug-likeness (QED) is 0.890. The molecule has 0 aliphatic carbocycles. The van der Waals surface area contributed by atoms with Gasteiger partial charge in [-0.25, -0.2) is 13.4 Å². The van der Waals surface area contributed by atoms with Crippen LogP contribution in [0.25, 0.3) is 0 Å². The van der Waals surface area contributed by atoms with E-state index in [0.717, 1.165) is 10.7 Å². The van der Waals surface area contributed by atoms with Crippen LogP contribution in [0.1, 0.15) is 23.2 Å². The summed E-state index contributed by atoms with van der Waals surface area (Å²) in [5.74, 6) is 0.193. The number of aryl methyl sites for hydroxylation is 1. The molecule has 108 valence electrons. The lowest BCUT2D eigenvalue weighted by atomic mass is 10.3. The smallest absolute Gasteiger partial charge is 0.178 e. The standard InChI is InChI=1S/C14H18N2O2S2/c1-3-8-20(17,18)13-6-4-12(5-7-13)15-10-14-16-9-11(2)19-14/h4-7,9,15H,3,8,10H2,1-2H3. The van der Waals surface area contributed by atoms with E-state index in [4.69, 9.17) is 0 Å². The lowest BCUT2D eigenvalue weighted by Gasteiger charge is -2.06. The molecule has 6 heteroatoms. The summed E-state index contributed by atoms with van der Waals surface area (Å²) in [6, 6.07) is 6.90. The van der Waals surface area contributed by atoms with Crippen LogP contribution in [0.15, 0.2) is 35.4 Å². The Hall–Kier alpha value is -1.40. The molecule has 4 nitrogen and oxygen atoms in total. The molecule has 0 fully saturated rings. The van der Waals surface area contributed by atoms with Crippen molar-refractivity contribution in [2.75, 3.05) is 11.1 Å². The Labute approximate surface area is 123 Å². The average Bonchev–Trinajstić information content (AvgIpc) is 2.83. The van der Waals surface area contributed by atoms with Crippen LogP contribution in [-0.2, 0) is 16.4 Å². The van der Waals surface area contributed by atoms with Crippen LogP contribution in [0, 0.1) is 6.92 Å². The lowest BCUT2D eigenvalue weighted by molar-refractivity contribution is 0.595. The lowest BCUT2D eigenvalue weighted by Crippen LogP contribution is -2.06. The molecule has 0 amide bonds. The van der Waals surface area contributed by atoms with Gasteiger partial charge in [0.1, 0.15) is 5.01 Å². The largest absolute Gasteiger partial charge is 0.379 e. The van der Waals surface area contributed by atoms with Crippen LogP contribution in [-0.4, -0.2) is 19.2 Å². The summed E-state index contributed by atoms with van der Waals surface area (Å²) >= 11 is 1.65. The van der Waals surface area contributed by atoms with Gasteiger partial charge in [-0.3, -0.25) is 0 Å². The first kappa shape index (κ1) is 15.0. The van der Waals surface area contributed by atoms with Gasteiger partial charge in [-0.2, -0.15) is 0 Å². The Morgan fingerprint density at radius 3 is 2.50 bits per heavy atom. The van der Waals surface area contributed by atoms with Crippen LogP contribution in [0.4, 0.5) is 5.69 Å². The van der Waals surface area contributed by atoms with Crippen molar-refractivity contribution in [3.05, 3.63) is 40.3 Å². The molecule has 0 aliphatic rings. The first-order valence-electron chi connectivity index (χ1n) is 6.49. The molecule has 0 unspecified atom stereocenters. The van der Waals surface area contributed by atoms with Gasteiger partial charge >= 0.3 is 0 Å². The molecule has 0 aliphatic heterocycles. The summed E-state index contributed by atoms with van der Waals surface area (Å²) in [6.07, 6.45) is 2.48. The van der Waals surface area contributed by atoms with Crippen molar-refractivity contribution in [1.82, 2.24) is 4.98 Å². The third-order valence-corrected chi connectivity index (χ3v) is 5.65. The minimum Gasteiger partial charge on any atom is -0.379 e. The highest BCUT2D eigenvalue weighted by Gasteiger charge is 2.12. The molecule has 20 heavy (non-hydrogen) atoms. The number of aromatic nitrogens is 1. The topological polar surface area (TPSA) is 59.1 Å². The third kappa shape index (κ3) is 3.80. The fourth-order valence-corrected chi connectivity index (χ4v) is 3.88. The van der Waals surface area contributed by atoms with Crippen LogP contribution >= 0.6 is 11.3 Å². The van der Waals surface area contributed by atoms with Crippen molar-refractivity contribution in [3.63, 3.8) is 0 Å². The van der Waals surface area contributed by atoms with Crippen molar-refractivity contribution in [3.8, 4) is 0 Å². The average molecular weight is 310 g/mol. The molecule has 0 saturated heterocycles. The number of sulfone groups is 1. The Bertz CT molecular complexity index is 661. The predicted octanol–water partition coefficient (Wildman–Crippen LogP) is 3.25. The Balaban J connectivity index is 2.01. The summed E-state index contributed by atoms with van der Waals surface area (Å²) < 4.78 is 23.8. The zero-order valence-electron chi connectivity index (χ0n) is 11.6. The number of hydrogen-bond acceptors (Lipinski definition) is 5. The van der Waals surface area contributed by atoms with E-state index in [1.807, 2.05) is 20.0 Å².